The number of rotatable bonds is 4. The molecule has 0 fully saturated rings. The van der Waals surface area contributed by atoms with Crippen LogP contribution in [0, 0.1) is 0 Å². The van der Waals surface area contributed by atoms with E-state index in [4.69, 9.17) is 9.47 Å². The van der Waals surface area contributed by atoms with Crippen LogP contribution in [-0.4, -0.2) is 29.1 Å². The Bertz CT molecular complexity index is 490. The highest BCUT2D eigenvalue weighted by Crippen LogP contribution is 2.33. The third-order valence-corrected chi connectivity index (χ3v) is 2.06. The van der Waals surface area contributed by atoms with Crippen LogP contribution < -0.4 is 14.8 Å². The van der Waals surface area contributed by atoms with E-state index in [0.717, 1.165) is 0 Å². The number of pyridine rings is 1. The molecule has 2 aromatic rings. The van der Waals surface area contributed by atoms with Gasteiger partial charge in [0.2, 0.25) is 5.75 Å². The monoisotopic (exact) mass is 232 g/mol. The lowest BCUT2D eigenvalue weighted by Crippen LogP contribution is -2.00. The second-order valence-corrected chi connectivity index (χ2v) is 3.10. The maximum atomic E-state index is 5.56. The molecule has 0 aliphatic carbocycles. The number of hydrogen-bond donors (Lipinski definition) is 1. The van der Waals surface area contributed by atoms with Crippen molar-refractivity contribution in [3.05, 3.63) is 30.9 Å². The summed E-state index contributed by atoms with van der Waals surface area (Å²) >= 11 is 0. The van der Waals surface area contributed by atoms with Crippen molar-refractivity contribution in [1.82, 2.24) is 15.0 Å². The van der Waals surface area contributed by atoms with Crippen LogP contribution in [0.2, 0.25) is 0 Å². The van der Waals surface area contributed by atoms with E-state index in [9.17, 15) is 0 Å². The molecule has 0 atom stereocenters. The van der Waals surface area contributed by atoms with Crippen molar-refractivity contribution in [2.24, 2.45) is 0 Å². The topological polar surface area (TPSA) is 69.2 Å². The van der Waals surface area contributed by atoms with Crippen molar-refractivity contribution in [1.29, 1.82) is 0 Å². The number of hydrogen-bond acceptors (Lipinski definition) is 6. The predicted molar refractivity (Wildman–Crippen MR) is 62.4 cm³/mol. The molecule has 0 amide bonds. The van der Waals surface area contributed by atoms with E-state index in [1.165, 1.54) is 13.4 Å². The van der Waals surface area contributed by atoms with E-state index in [2.05, 4.69) is 20.3 Å². The van der Waals surface area contributed by atoms with Crippen molar-refractivity contribution in [2.45, 2.75) is 0 Å². The van der Waals surface area contributed by atoms with Gasteiger partial charge in [-0.05, 0) is 12.1 Å². The first-order chi connectivity index (χ1) is 8.35. The molecule has 0 aliphatic rings. The second kappa shape index (κ2) is 5.11. The Labute approximate surface area is 98.7 Å². The SMILES string of the molecule is CNc1ncnc(Oc2cccnc2)c1OC. The normalized spacial score (nSPS) is 9.76. The van der Waals surface area contributed by atoms with Crippen LogP contribution in [-0.2, 0) is 0 Å². The van der Waals surface area contributed by atoms with E-state index in [0.29, 0.717) is 23.2 Å². The van der Waals surface area contributed by atoms with Gasteiger partial charge in [0.1, 0.15) is 12.1 Å². The van der Waals surface area contributed by atoms with Crippen LogP contribution in [0.15, 0.2) is 30.9 Å². The zero-order valence-corrected chi connectivity index (χ0v) is 9.54. The van der Waals surface area contributed by atoms with Gasteiger partial charge in [0.25, 0.3) is 5.88 Å². The van der Waals surface area contributed by atoms with Gasteiger partial charge in [-0.3, -0.25) is 4.98 Å². The molecule has 0 spiro atoms. The number of nitrogens with one attached hydrogen (secondary N) is 1. The van der Waals surface area contributed by atoms with Gasteiger partial charge < -0.3 is 14.8 Å². The molecule has 0 aliphatic heterocycles. The number of methoxy groups -OCH3 is 1. The first kappa shape index (κ1) is 11.1. The molecule has 1 N–H and O–H groups in total. The summed E-state index contributed by atoms with van der Waals surface area (Å²) in [7, 11) is 3.29. The fourth-order valence-electron chi connectivity index (χ4n) is 1.31. The fraction of sp³-hybridized carbons (Fsp3) is 0.182. The molecule has 0 aromatic carbocycles. The molecule has 0 unspecified atom stereocenters. The number of nitrogens with zero attached hydrogens (tertiary/aromatic N) is 3. The second-order valence-electron chi connectivity index (χ2n) is 3.10. The minimum Gasteiger partial charge on any atom is -0.489 e. The maximum absolute atomic E-state index is 5.56. The standard InChI is InChI=1S/C11H12N4O2/c1-12-10-9(16-2)11(15-7-14-10)17-8-4-3-5-13-6-8/h3-7H,1-2H3,(H,12,14,15). The summed E-state index contributed by atoms with van der Waals surface area (Å²) in [6, 6.07) is 3.57. The van der Waals surface area contributed by atoms with Gasteiger partial charge in [0.15, 0.2) is 5.82 Å². The summed E-state index contributed by atoms with van der Waals surface area (Å²) < 4.78 is 10.8. The summed E-state index contributed by atoms with van der Waals surface area (Å²) in [6.45, 7) is 0. The van der Waals surface area contributed by atoms with Crippen LogP contribution in [0.5, 0.6) is 17.4 Å². The van der Waals surface area contributed by atoms with Gasteiger partial charge in [-0.2, -0.15) is 4.98 Å². The average molecular weight is 232 g/mol. The maximum Gasteiger partial charge on any atom is 0.268 e. The van der Waals surface area contributed by atoms with Gasteiger partial charge in [-0.1, -0.05) is 0 Å². The largest absolute Gasteiger partial charge is 0.489 e. The highest BCUT2D eigenvalue weighted by atomic mass is 16.5. The van der Waals surface area contributed by atoms with Gasteiger partial charge in [-0.25, -0.2) is 4.98 Å². The van der Waals surface area contributed by atoms with Gasteiger partial charge in [-0.15, -0.1) is 0 Å². The van der Waals surface area contributed by atoms with Crippen molar-refractivity contribution < 1.29 is 9.47 Å². The highest BCUT2D eigenvalue weighted by Gasteiger charge is 2.12. The summed E-state index contributed by atoms with van der Waals surface area (Å²) in [5, 5.41) is 2.90. The Morgan fingerprint density at radius 2 is 2.18 bits per heavy atom. The lowest BCUT2D eigenvalue weighted by atomic mass is 10.4. The first-order valence-corrected chi connectivity index (χ1v) is 4.99. The fourth-order valence-corrected chi connectivity index (χ4v) is 1.31. The van der Waals surface area contributed by atoms with E-state index in [1.807, 2.05) is 0 Å². The third-order valence-electron chi connectivity index (χ3n) is 2.06. The lowest BCUT2D eigenvalue weighted by Gasteiger charge is -2.11. The smallest absolute Gasteiger partial charge is 0.268 e. The zero-order chi connectivity index (χ0) is 12.1. The van der Waals surface area contributed by atoms with E-state index >= 15 is 0 Å². The third kappa shape index (κ3) is 2.41. The molecule has 17 heavy (non-hydrogen) atoms. The van der Waals surface area contributed by atoms with E-state index in [-0.39, 0.29) is 0 Å². The molecular formula is C11H12N4O2. The Hall–Kier alpha value is -2.37. The number of ether oxygens (including phenoxy) is 2. The summed E-state index contributed by atoms with van der Waals surface area (Å²) in [5.74, 6) is 1.96. The molecular weight excluding hydrogens is 220 g/mol. The minimum atomic E-state index is 0.347. The van der Waals surface area contributed by atoms with Crippen LogP contribution >= 0.6 is 0 Å². The summed E-state index contributed by atoms with van der Waals surface area (Å²) in [5.41, 5.74) is 0. The average Bonchev–Trinajstić information content (AvgIpc) is 2.39. The Kier molecular flexibility index (Phi) is 3.34. The molecule has 2 rings (SSSR count). The molecule has 6 heteroatoms. The minimum absolute atomic E-state index is 0.347. The Balaban J connectivity index is 2.33. The Morgan fingerprint density at radius 1 is 1.29 bits per heavy atom. The van der Waals surface area contributed by atoms with Crippen LogP contribution in [0.1, 0.15) is 0 Å². The van der Waals surface area contributed by atoms with Crippen molar-refractivity contribution in [3.63, 3.8) is 0 Å². The predicted octanol–water partition coefficient (Wildman–Crippen LogP) is 1.71. The first-order valence-electron chi connectivity index (χ1n) is 4.99. The lowest BCUT2D eigenvalue weighted by molar-refractivity contribution is 0.368. The van der Waals surface area contributed by atoms with E-state index in [1.54, 1.807) is 31.6 Å². The van der Waals surface area contributed by atoms with Crippen LogP contribution in [0.3, 0.4) is 0 Å². The Morgan fingerprint density at radius 3 is 2.82 bits per heavy atom. The van der Waals surface area contributed by atoms with Crippen LogP contribution in [0.25, 0.3) is 0 Å². The molecule has 2 aromatic heterocycles. The molecule has 0 saturated carbocycles. The number of aromatic nitrogens is 3. The molecule has 0 bridgehead atoms. The molecule has 6 nitrogen and oxygen atoms in total. The summed E-state index contributed by atoms with van der Waals surface area (Å²) in [6.07, 6.45) is 4.67. The van der Waals surface area contributed by atoms with Gasteiger partial charge in [0.05, 0.1) is 13.3 Å². The van der Waals surface area contributed by atoms with Gasteiger partial charge in [0, 0.05) is 13.2 Å². The van der Waals surface area contributed by atoms with Crippen molar-refractivity contribution in [3.8, 4) is 17.4 Å². The molecule has 0 radical (unpaired) electrons. The number of anilines is 1. The van der Waals surface area contributed by atoms with Crippen LogP contribution in [0.4, 0.5) is 5.82 Å². The molecule has 88 valence electrons. The molecule has 0 saturated heterocycles. The zero-order valence-electron chi connectivity index (χ0n) is 9.54. The van der Waals surface area contributed by atoms with Gasteiger partial charge >= 0.3 is 0 Å². The molecule has 2 heterocycles. The highest BCUT2D eigenvalue weighted by molar-refractivity contribution is 5.55. The van der Waals surface area contributed by atoms with E-state index < -0.39 is 0 Å². The van der Waals surface area contributed by atoms with Crippen molar-refractivity contribution >= 4 is 5.82 Å². The summed E-state index contributed by atoms with van der Waals surface area (Å²) in [4.78, 5) is 12.0. The quantitative estimate of drug-likeness (QED) is 0.865. The van der Waals surface area contributed by atoms with Crippen molar-refractivity contribution in [2.75, 3.05) is 19.5 Å².